The molecule has 0 spiro atoms. The number of nitrogens with one attached hydrogen (secondary N) is 2. The monoisotopic (exact) mass is 297 g/mol. The maximum absolute atomic E-state index is 12.0. The molecule has 0 radical (unpaired) electrons. The highest BCUT2D eigenvalue weighted by Crippen LogP contribution is 2.13. The van der Waals surface area contributed by atoms with Gasteiger partial charge in [-0.3, -0.25) is 14.5 Å². The van der Waals surface area contributed by atoms with Crippen molar-refractivity contribution >= 4 is 28.3 Å². The van der Waals surface area contributed by atoms with E-state index in [0.717, 1.165) is 25.9 Å². The minimum absolute atomic E-state index is 0.107. The molecule has 1 aromatic rings. The molecule has 2 heterocycles. The SMILES string of the molecule is NC(=O)CN(CC(=O)Nc1nccs1)C1CCNCC1. The molecule has 2 rings (SSSR count). The number of hydrogen-bond acceptors (Lipinski definition) is 6. The van der Waals surface area contributed by atoms with Gasteiger partial charge in [-0.05, 0) is 25.9 Å². The molecular weight excluding hydrogens is 278 g/mol. The number of carbonyl (C=O) groups excluding carboxylic acids is 2. The fraction of sp³-hybridized carbons (Fsp3) is 0.583. The summed E-state index contributed by atoms with van der Waals surface area (Å²) in [5.74, 6) is -0.578. The molecule has 20 heavy (non-hydrogen) atoms. The second-order valence-corrected chi connectivity index (χ2v) is 5.63. The van der Waals surface area contributed by atoms with Crippen LogP contribution in [0, 0.1) is 0 Å². The topological polar surface area (TPSA) is 100 Å². The van der Waals surface area contributed by atoms with Crippen molar-refractivity contribution in [2.75, 3.05) is 31.5 Å². The molecule has 0 bridgehead atoms. The van der Waals surface area contributed by atoms with Crippen molar-refractivity contribution < 1.29 is 9.59 Å². The lowest BCUT2D eigenvalue weighted by atomic mass is 10.0. The van der Waals surface area contributed by atoms with E-state index in [9.17, 15) is 9.59 Å². The Labute approximate surface area is 121 Å². The number of hydrogen-bond donors (Lipinski definition) is 3. The predicted molar refractivity (Wildman–Crippen MR) is 77.4 cm³/mol. The van der Waals surface area contributed by atoms with Crippen molar-refractivity contribution in [2.24, 2.45) is 5.73 Å². The maximum Gasteiger partial charge on any atom is 0.240 e. The van der Waals surface area contributed by atoms with Crippen LogP contribution in [0.1, 0.15) is 12.8 Å². The standard InChI is InChI=1S/C12H19N5O2S/c13-10(18)7-17(9-1-3-14-4-2-9)8-11(19)16-12-15-5-6-20-12/h5-6,9,14H,1-4,7-8H2,(H2,13,18)(H,15,16,19). The molecule has 0 unspecified atom stereocenters. The van der Waals surface area contributed by atoms with E-state index in [4.69, 9.17) is 5.73 Å². The molecule has 7 nitrogen and oxygen atoms in total. The zero-order valence-electron chi connectivity index (χ0n) is 11.2. The summed E-state index contributed by atoms with van der Waals surface area (Å²) >= 11 is 1.36. The van der Waals surface area contributed by atoms with Crippen LogP contribution in [0.25, 0.3) is 0 Å². The molecule has 0 atom stereocenters. The smallest absolute Gasteiger partial charge is 0.240 e. The molecule has 4 N–H and O–H groups in total. The zero-order valence-corrected chi connectivity index (χ0v) is 12.0. The molecule has 110 valence electrons. The van der Waals surface area contributed by atoms with E-state index < -0.39 is 5.91 Å². The first kappa shape index (κ1) is 14.9. The average molecular weight is 297 g/mol. The summed E-state index contributed by atoms with van der Waals surface area (Å²) in [6.45, 7) is 2.06. The van der Waals surface area contributed by atoms with Crippen LogP contribution in [0.2, 0.25) is 0 Å². The van der Waals surface area contributed by atoms with Crippen molar-refractivity contribution in [3.8, 4) is 0 Å². The molecule has 1 aromatic heterocycles. The Balaban J connectivity index is 1.92. The van der Waals surface area contributed by atoms with E-state index in [-0.39, 0.29) is 25.0 Å². The minimum Gasteiger partial charge on any atom is -0.369 e. The summed E-state index contributed by atoms with van der Waals surface area (Å²) in [7, 11) is 0. The second-order valence-electron chi connectivity index (χ2n) is 4.74. The summed E-state index contributed by atoms with van der Waals surface area (Å²) in [6, 6.07) is 0.214. The zero-order chi connectivity index (χ0) is 14.4. The lowest BCUT2D eigenvalue weighted by Gasteiger charge is -2.33. The van der Waals surface area contributed by atoms with Crippen molar-refractivity contribution in [3.63, 3.8) is 0 Å². The van der Waals surface area contributed by atoms with E-state index in [1.807, 2.05) is 4.90 Å². The first-order valence-corrected chi connectivity index (χ1v) is 7.45. The van der Waals surface area contributed by atoms with Gasteiger partial charge in [0.2, 0.25) is 11.8 Å². The van der Waals surface area contributed by atoms with E-state index in [1.54, 1.807) is 11.6 Å². The van der Waals surface area contributed by atoms with Gasteiger partial charge in [0.1, 0.15) is 0 Å². The number of primary amides is 1. The molecule has 1 fully saturated rings. The van der Waals surface area contributed by atoms with Gasteiger partial charge in [0.15, 0.2) is 5.13 Å². The van der Waals surface area contributed by atoms with Crippen molar-refractivity contribution in [2.45, 2.75) is 18.9 Å². The summed E-state index contributed by atoms with van der Waals surface area (Å²) in [5.41, 5.74) is 5.27. The molecule has 0 aliphatic carbocycles. The Bertz CT molecular complexity index is 445. The molecule has 1 aliphatic rings. The largest absolute Gasteiger partial charge is 0.369 e. The number of nitrogens with zero attached hydrogens (tertiary/aromatic N) is 2. The molecule has 1 aliphatic heterocycles. The predicted octanol–water partition coefficient (Wildman–Crippen LogP) is -0.379. The lowest BCUT2D eigenvalue weighted by molar-refractivity contribution is -0.122. The Hall–Kier alpha value is -1.51. The fourth-order valence-electron chi connectivity index (χ4n) is 2.31. The lowest BCUT2D eigenvalue weighted by Crippen LogP contribution is -2.49. The summed E-state index contributed by atoms with van der Waals surface area (Å²) < 4.78 is 0. The van der Waals surface area contributed by atoms with Gasteiger partial charge in [0.25, 0.3) is 0 Å². The highest BCUT2D eigenvalue weighted by molar-refractivity contribution is 7.13. The highest BCUT2D eigenvalue weighted by atomic mass is 32.1. The Kier molecular flexibility index (Phi) is 5.45. The number of thiazole rings is 1. The normalized spacial score (nSPS) is 16.2. The van der Waals surface area contributed by atoms with Crippen LogP contribution >= 0.6 is 11.3 Å². The van der Waals surface area contributed by atoms with Gasteiger partial charge in [-0.2, -0.15) is 0 Å². The van der Waals surface area contributed by atoms with Gasteiger partial charge in [0.05, 0.1) is 13.1 Å². The third-order valence-electron chi connectivity index (χ3n) is 3.21. The molecule has 0 saturated carbocycles. The van der Waals surface area contributed by atoms with Gasteiger partial charge >= 0.3 is 0 Å². The van der Waals surface area contributed by atoms with Crippen LogP contribution in [0.5, 0.6) is 0 Å². The number of nitrogens with two attached hydrogens (primary N) is 1. The van der Waals surface area contributed by atoms with Crippen LogP contribution in [-0.4, -0.2) is 53.9 Å². The van der Waals surface area contributed by atoms with Crippen LogP contribution in [0.3, 0.4) is 0 Å². The molecular formula is C12H19N5O2S. The Morgan fingerprint density at radius 1 is 1.45 bits per heavy atom. The van der Waals surface area contributed by atoms with Crippen LogP contribution in [-0.2, 0) is 9.59 Å². The molecule has 0 aromatic carbocycles. The molecule has 8 heteroatoms. The molecule has 2 amide bonds. The average Bonchev–Trinajstić information content (AvgIpc) is 2.91. The second kappa shape index (κ2) is 7.32. The van der Waals surface area contributed by atoms with Crippen molar-refractivity contribution in [3.05, 3.63) is 11.6 Å². The van der Waals surface area contributed by atoms with Crippen molar-refractivity contribution in [1.82, 2.24) is 15.2 Å². The van der Waals surface area contributed by atoms with E-state index >= 15 is 0 Å². The quantitative estimate of drug-likeness (QED) is 0.664. The van der Waals surface area contributed by atoms with Gasteiger partial charge in [-0.15, -0.1) is 11.3 Å². The number of rotatable bonds is 6. The number of carbonyl (C=O) groups is 2. The first-order chi connectivity index (χ1) is 9.65. The Morgan fingerprint density at radius 3 is 2.80 bits per heavy atom. The van der Waals surface area contributed by atoms with E-state index in [2.05, 4.69) is 15.6 Å². The van der Waals surface area contributed by atoms with Gasteiger partial charge < -0.3 is 16.4 Å². The van der Waals surface area contributed by atoms with Crippen molar-refractivity contribution in [1.29, 1.82) is 0 Å². The third kappa shape index (κ3) is 4.55. The highest BCUT2D eigenvalue weighted by Gasteiger charge is 2.24. The van der Waals surface area contributed by atoms with Crippen LogP contribution in [0.4, 0.5) is 5.13 Å². The Morgan fingerprint density at radius 2 is 2.20 bits per heavy atom. The van der Waals surface area contributed by atoms with Crippen LogP contribution < -0.4 is 16.4 Å². The van der Waals surface area contributed by atoms with E-state index in [1.165, 1.54) is 11.3 Å². The number of aromatic nitrogens is 1. The number of piperidine rings is 1. The number of anilines is 1. The maximum atomic E-state index is 12.0. The van der Waals surface area contributed by atoms with Gasteiger partial charge in [-0.25, -0.2) is 4.98 Å². The van der Waals surface area contributed by atoms with Gasteiger partial charge in [-0.1, -0.05) is 0 Å². The third-order valence-corrected chi connectivity index (χ3v) is 3.90. The number of amides is 2. The minimum atomic E-state index is -0.411. The van der Waals surface area contributed by atoms with E-state index in [0.29, 0.717) is 5.13 Å². The summed E-state index contributed by atoms with van der Waals surface area (Å²) in [4.78, 5) is 29.0. The molecule has 1 saturated heterocycles. The van der Waals surface area contributed by atoms with Gasteiger partial charge in [0, 0.05) is 17.6 Å². The summed E-state index contributed by atoms with van der Waals surface area (Å²) in [6.07, 6.45) is 3.46. The first-order valence-electron chi connectivity index (χ1n) is 6.57. The fourth-order valence-corrected chi connectivity index (χ4v) is 2.86. The van der Waals surface area contributed by atoms with Crippen LogP contribution in [0.15, 0.2) is 11.6 Å². The summed E-state index contributed by atoms with van der Waals surface area (Å²) in [5, 5.41) is 8.35.